The van der Waals surface area contributed by atoms with Crippen LogP contribution < -0.4 is 9.47 Å². The van der Waals surface area contributed by atoms with Gasteiger partial charge >= 0.3 is 18.4 Å². The lowest BCUT2D eigenvalue weighted by Gasteiger charge is -2.51. The summed E-state index contributed by atoms with van der Waals surface area (Å²) in [5.41, 5.74) is -0.0482. The van der Waals surface area contributed by atoms with Gasteiger partial charge in [-0.05, 0) is 90.5 Å². The molecule has 1 unspecified atom stereocenters. The fourth-order valence-corrected chi connectivity index (χ4v) is 8.49. The van der Waals surface area contributed by atoms with E-state index >= 15 is 4.79 Å². The zero-order chi connectivity index (χ0) is 43.7. The molecule has 2 aliphatic heterocycles. The van der Waals surface area contributed by atoms with Crippen LogP contribution in [0.4, 0.5) is 22.8 Å². The Bertz CT molecular complexity index is 2090. The number of ether oxygens (including phenoxy) is 5. The molecule has 3 aliphatic rings. The normalized spacial score (nSPS) is 18.4. The van der Waals surface area contributed by atoms with Crippen molar-refractivity contribution in [2.45, 2.75) is 122 Å². The van der Waals surface area contributed by atoms with Gasteiger partial charge in [-0.3, -0.25) is 14.8 Å². The largest absolute Gasteiger partial charge is 0.496 e. The first-order chi connectivity index (χ1) is 28.2. The molecule has 2 fully saturated rings. The number of H-pyrrole nitrogens is 1. The number of nitrogens with one attached hydrogen (secondary N) is 1. The maximum absolute atomic E-state index is 15.4. The lowest BCUT2D eigenvalue weighted by Crippen LogP contribution is -2.66. The summed E-state index contributed by atoms with van der Waals surface area (Å²) < 4.78 is 68.4. The average molecular weight is 881 g/mol. The first kappa shape index (κ1) is 45.0. The van der Waals surface area contributed by atoms with Gasteiger partial charge in [0.2, 0.25) is 5.88 Å². The number of hydrogen-bond donors (Lipinski definition) is 1. The van der Waals surface area contributed by atoms with Crippen LogP contribution in [0.5, 0.6) is 11.6 Å². The van der Waals surface area contributed by atoms with Crippen LogP contribution in [0.15, 0.2) is 30.0 Å². The molecule has 1 aromatic carbocycles. The minimum Gasteiger partial charge on any atom is -0.496 e. The lowest BCUT2D eigenvalue weighted by molar-refractivity contribution is -0.141. The van der Waals surface area contributed by atoms with E-state index < -0.39 is 53.2 Å². The Morgan fingerprint density at radius 2 is 1.72 bits per heavy atom. The third kappa shape index (κ3) is 10.5. The van der Waals surface area contributed by atoms with Crippen LogP contribution in [0.25, 0.3) is 5.57 Å². The van der Waals surface area contributed by atoms with E-state index in [0.717, 1.165) is 24.0 Å². The van der Waals surface area contributed by atoms with E-state index in [9.17, 15) is 22.8 Å². The zero-order valence-electron chi connectivity index (χ0n) is 35.0. The molecule has 19 heteroatoms. The first-order valence-electron chi connectivity index (χ1n) is 19.7. The van der Waals surface area contributed by atoms with E-state index in [-0.39, 0.29) is 62.7 Å². The Labute approximate surface area is 356 Å². The molecule has 1 saturated carbocycles. The summed E-state index contributed by atoms with van der Waals surface area (Å²) in [6, 6.07) is 4.25. The number of aromatic nitrogens is 3. The first-order valence-corrected chi connectivity index (χ1v) is 21.1. The molecule has 2 atom stereocenters. The number of fused-ring (bicyclic) bond motifs is 2. The Morgan fingerprint density at radius 3 is 2.35 bits per heavy atom. The summed E-state index contributed by atoms with van der Waals surface area (Å²) in [7, 11) is 1.60. The molecule has 3 aromatic rings. The van der Waals surface area contributed by atoms with Crippen molar-refractivity contribution in [3.63, 3.8) is 0 Å². The van der Waals surface area contributed by atoms with Gasteiger partial charge in [-0.1, -0.05) is 12.1 Å². The second kappa shape index (κ2) is 17.8. The maximum Gasteiger partial charge on any atom is 0.433 e. The van der Waals surface area contributed by atoms with Crippen molar-refractivity contribution in [2.24, 2.45) is 0 Å². The number of hydrogen-bond acceptors (Lipinski definition) is 11. The van der Waals surface area contributed by atoms with Crippen molar-refractivity contribution in [3.05, 3.63) is 62.2 Å². The van der Waals surface area contributed by atoms with Crippen LogP contribution in [0.1, 0.15) is 93.1 Å². The predicted octanol–water partition coefficient (Wildman–Crippen LogP) is 8.11. The number of alkyl halides is 4. The van der Waals surface area contributed by atoms with Crippen molar-refractivity contribution in [3.8, 4) is 11.6 Å². The molecule has 14 nitrogen and oxygen atoms in total. The minimum atomic E-state index is -4.66. The van der Waals surface area contributed by atoms with Gasteiger partial charge in [-0.15, -0.1) is 28.0 Å². The standard InChI is InChI=1S/C41H52ClF3N6O8S/c1-23-24(10-9-11-30(23)55-8)19-50(25-12-13-25)36(52)33-27(16-26-20-49(37(53)58-39(2,3)4)21-29(33)51(26)38(54)59-40(5,6)7)31-18-46-32(60-31)22-56-14-15-57-35-28(17-42)34(47-48-35)41(43,44)45/h9-11,18,25-26,29H,12-17,19-22H2,1-8H3,(H,47,48)/t26?,29-/m1/s1. The number of thiazole rings is 1. The minimum absolute atomic E-state index is 0.00676. The Morgan fingerprint density at radius 1 is 1.02 bits per heavy atom. The molecular formula is C41H52ClF3N6O8S. The highest BCUT2D eigenvalue weighted by Gasteiger charge is 2.51. The summed E-state index contributed by atoms with van der Waals surface area (Å²) in [5, 5.41) is 6.13. The number of piperazine rings is 1. The molecule has 2 bridgehead atoms. The molecule has 1 aliphatic carbocycles. The summed E-state index contributed by atoms with van der Waals surface area (Å²) >= 11 is 7.08. The number of nitrogens with zero attached hydrogens (tertiary/aromatic N) is 5. The fourth-order valence-electron chi connectivity index (χ4n) is 7.32. The average Bonchev–Trinajstić information content (AvgIpc) is 3.72. The summed E-state index contributed by atoms with van der Waals surface area (Å²) in [6.07, 6.45) is -2.27. The number of amides is 3. The number of halogens is 4. The van der Waals surface area contributed by atoms with Gasteiger partial charge in [-0.25, -0.2) is 14.6 Å². The molecule has 0 spiro atoms. The van der Waals surface area contributed by atoms with Gasteiger partial charge in [0.15, 0.2) is 0 Å². The summed E-state index contributed by atoms with van der Waals surface area (Å²) in [4.78, 5) is 53.4. The summed E-state index contributed by atoms with van der Waals surface area (Å²) in [6.45, 7) is 13.0. The van der Waals surface area contributed by atoms with Crippen molar-refractivity contribution < 1.29 is 51.2 Å². The number of rotatable bonds is 13. The van der Waals surface area contributed by atoms with E-state index in [1.165, 1.54) is 11.3 Å². The third-order valence-corrected chi connectivity index (χ3v) is 11.4. The van der Waals surface area contributed by atoms with Crippen molar-refractivity contribution in [1.82, 2.24) is 29.9 Å². The highest BCUT2D eigenvalue weighted by Crippen LogP contribution is 2.44. The molecule has 1 N–H and O–H groups in total. The molecule has 1 saturated heterocycles. The summed E-state index contributed by atoms with van der Waals surface area (Å²) in [5.74, 6) is -0.254. The Kier molecular flexibility index (Phi) is 13.4. The fraction of sp³-hybridized carbons (Fsp3) is 0.585. The molecule has 60 heavy (non-hydrogen) atoms. The van der Waals surface area contributed by atoms with Crippen LogP contribution in [-0.2, 0) is 44.2 Å². The molecular weight excluding hydrogens is 829 g/mol. The molecule has 3 amide bonds. The highest BCUT2D eigenvalue weighted by molar-refractivity contribution is 7.12. The molecule has 2 aromatic heterocycles. The van der Waals surface area contributed by atoms with Crippen LogP contribution in [-0.4, -0.2) is 111 Å². The lowest BCUT2D eigenvalue weighted by atomic mass is 9.83. The Hall–Kier alpha value is -4.55. The Balaban J connectivity index is 1.32. The van der Waals surface area contributed by atoms with E-state index in [1.54, 1.807) is 64.6 Å². The third-order valence-electron chi connectivity index (χ3n) is 10.1. The SMILES string of the molecule is COc1cccc(CN(C(=O)C2=C(c3cnc(COCCOc4n[nH]c(C(F)(F)F)c4CCl)s3)CC3CN(C(=O)OC(C)(C)C)C[C@H]2N3C(=O)OC(C)(C)C)C2CC2)c1C. The van der Waals surface area contributed by atoms with Gasteiger partial charge in [0.25, 0.3) is 5.91 Å². The van der Waals surface area contributed by atoms with Crippen molar-refractivity contribution in [2.75, 3.05) is 33.4 Å². The van der Waals surface area contributed by atoms with E-state index in [0.29, 0.717) is 33.3 Å². The van der Waals surface area contributed by atoms with Gasteiger partial charge in [-0.2, -0.15) is 13.2 Å². The number of carbonyl (C=O) groups is 3. The molecule has 6 rings (SSSR count). The second-order valence-electron chi connectivity index (χ2n) is 17.0. The molecule has 0 radical (unpaired) electrons. The smallest absolute Gasteiger partial charge is 0.433 e. The van der Waals surface area contributed by atoms with Gasteiger partial charge in [0, 0.05) is 37.4 Å². The monoisotopic (exact) mass is 880 g/mol. The molecule has 328 valence electrons. The predicted molar refractivity (Wildman–Crippen MR) is 217 cm³/mol. The number of aromatic amines is 1. The van der Waals surface area contributed by atoms with E-state index in [1.807, 2.05) is 35.1 Å². The van der Waals surface area contributed by atoms with Crippen molar-refractivity contribution >= 4 is 46.6 Å². The highest BCUT2D eigenvalue weighted by atomic mass is 35.5. The number of benzene rings is 1. The zero-order valence-corrected chi connectivity index (χ0v) is 36.6. The van der Waals surface area contributed by atoms with E-state index in [4.69, 9.17) is 35.3 Å². The topological polar surface area (TPSA) is 149 Å². The van der Waals surface area contributed by atoms with Crippen molar-refractivity contribution in [1.29, 1.82) is 0 Å². The van der Waals surface area contributed by atoms with E-state index in [2.05, 4.69) is 10.1 Å². The maximum atomic E-state index is 15.4. The van der Waals surface area contributed by atoms with Crippen LogP contribution in [0.3, 0.4) is 0 Å². The molecule has 4 heterocycles. The van der Waals surface area contributed by atoms with Gasteiger partial charge in [0.05, 0.1) is 48.7 Å². The number of methoxy groups -OCH3 is 1. The van der Waals surface area contributed by atoms with Gasteiger partial charge < -0.3 is 33.5 Å². The van der Waals surface area contributed by atoms with Crippen LogP contribution >= 0.6 is 22.9 Å². The quantitative estimate of drug-likeness (QED) is 0.132. The second-order valence-corrected chi connectivity index (χ2v) is 18.4. The van der Waals surface area contributed by atoms with Crippen LogP contribution in [0.2, 0.25) is 0 Å². The van der Waals surface area contributed by atoms with Crippen LogP contribution in [0, 0.1) is 6.92 Å². The number of carbonyl (C=O) groups excluding carboxylic acids is 3. The van der Waals surface area contributed by atoms with Gasteiger partial charge in [0.1, 0.15) is 34.3 Å².